The van der Waals surface area contributed by atoms with Crippen LogP contribution in [0, 0.1) is 0 Å². The molecule has 6 nitrogen and oxygen atoms in total. The van der Waals surface area contributed by atoms with E-state index in [-0.39, 0.29) is 31.3 Å². The molecule has 0 heterocycles. The zero-order chi connectivity index (χ0) is 40.3. The van der Waals surface area contributed by atoms with E-state index in [1.54, 1.807) is 0 Å². The van der Waals surface area contributed by atoms with Gasteiger partial charge in [0.1, 0.15) is 6.10 Å². The fourth-order valence-corrected chi connectivity index (χ4v) is 6.10. The van der Waals surface area contributed by atoms with Crippen LogP contribution in [0.15, 0.2) is 85.1 Å². The molecule has 55 heavy (non-hydrogen) atoms. The lowest BCUT2D eigenvalue weighted by molar-refractivity contribution is -0.150. The van der Waals surface area contributed by atoms with Crippen LogP contribution in [0.5, 0.6) is 0 Å². The minimum Gasteiger partial charge on any atom is -0.462 e. The number of aliphatic hydroxyl groups is 2. The zero-order valence-corrected chi connectivity index (χ0v) is 35.5. The highest BCUT2D eigenvalue weighted by Crippen LogP contribution is 2.16. The van der Waals surface area contributed by atoms with Gasteiger partial charge in [-0.05, 0) is 83.5 Å². The van der Waals surface area contributed by atoms with Crippen LogP contribution in [0.25, 0.3) is 0 Å². The fraction of sp³-hybridized carbons (Fsp3) is 0.673. The number of esters is 1. The van der Waals surface area contributed by atoms with Gasteiger partial charge in [0.2, 0.25) is 5.91 Å². The summed E-state index contributed by atoms with van der Waals surface area (Å²) in [5.74, 6) is -0.605. The first-order chi connectivity index (χ1) is 27.0. The van der Waals surface area contributed by atoms with Crippen molar-refractivity contribution in [2.75, 3.05) is 6.61 Å². The molecule has 6 heteroatoms. The normalized spacial score (nSPS) is 14.2. The summed E-state index contributed by atoms with van der Waals surface area (Å²) in [5, 5.41) is 23.5. The number of amides is 1. The van der Waals surface area contributed by atoms with Gasteiger partial charge in [-0.3, -0.25) is 9.59 Å². The first kappa shape index (κ1) is 52.0. The third-order valence-electron chi connectivity index (χ3n) is 9.45. The van der Waals surface area contributed by atoms with Crippen molar-refractivity contribution in [2.45, 2.75) is 206 Å². The number of nitrogens with one attached hydrogen (secondary N) is 1. The van der Waals surface area contributed by atoms with Crippen molar-refractivity contribution in [3.05, 3.63) is 85.1 Å². The molecule has 0 rings (SSSR count). The lowest BCUT2D eigenvalue weighted by atomic mass is 10.0. The molecular formula is C49H83NO5. The predicted molar refractivity (Wildman–Crippen MR) is 236 cm³/mol. The summed E-state index contributed by atoms with van der Waals surface area (Å²) >= 11 is 0. The van der Waals surface area contributed by atoms with Crippen molar-refractivity contribution in [2.24, 2.45) is 0 Å². The summed E-state index contributed by atoms with van der Waals surface area (Å²) in [5.41, 5.74) is 0. The number of allylic oxidation sites excluding steroid dienone is 14. The van der Waals surface area contributed by atoms with Gasteiger partial charge in [-0.2, -0.15) is 0 Å². The molecule has 0 aliphatic carbocycles. The number of ether oxygens (including phenoxy) is 1. The molecule has 0 spiro atoms. The number of carbonyl (C=O) groups is 2. The maximum Gasteiger partial charge on any atom is 0.306 e. The third-order valence-corrected chi connectivity index (χ3v) is 9.45. The molecule has 0 aliphatic rings. The Labute approximate surface area is 338 Å². The molecule has 0 bridgehead atoms. The molecule has 0 saturated heterocycles. The SMILES string of the molecule is CC/C=C\C/C=C\C/C=C\C/C=C\C/C=C\C/C=C\CCC(=O)OC(CCCCC/C=C\CCC)CC(=O)NC(CO)C(O)CCCCCCCCCCC. The van der Waals surface area contributed by atoms with Gasteiger partial charge >= 0.3 is 5.97 Å². The third kappa shape index (κ3) is 37.7. The first-order valence-corrected chi connectivity index (χ1v) is 22.3. The Bertz CT molecular complexity index is 1080. The molecule has 314 valence electrons. The molecule has 0 radical (unpaired) electrons. The average molecular weight is 766 g/mol. The minimum atomic E-state index is -0.804. The molecule has 1 amide bonds. The van der Waals surface area contributed by atoms with E-state index in [4.69, 9.17) is 4.74 Å². The second-order valence-electron chi connectivity index (χ2n) is 14.7. The molecule has 0 saturated carbocycles. The highest BCUT2D eigenvalue weighted by molar-refractivity contribution is 5.77. The average Bonchev–Trinajstić information content (AvgIpc) is 3.18. The van der Waals surface area contributed by atoms with Crippen molar-refractivity contribution in [3.63, 3.8) is 0 Å². The van der Waals surface area contributed by atoms with E-state index in [1.165, 1.54) is 38.5 Å². The highest BCUT2D eigenvalue weighted by Gasteiger charge is 2.23. The van der Waals surface area contributed by atoms with Gasteiger partial charge in [0.15, 0.2) is 0 Å². The molecule has 0 aromatic carbocycles. The monoisotopic (exact) mass is 766 g/mol. The molecule has 3 unspecified atom stereocenters. The molecule has 0 fully saturated rings. The molecule has 3 atom stereocenters. The van der Waals surface area contributed by atoms with Gasteiger partial charge in [-0.1, -0.05) is 176 Å². The summed E-state index contributed by atoms with van der Waals surface area (Å²) in [6, 6.07) is -0.721. The van der Waals surface area contributed by atoms with E-state index in [1.807, 2.05) is 6.08 Å². The lowest BCUT2D eigenvalue weighted by Gasteiger charge is -2.24. The van der Waals surface area contributed by atoms with Crippen molar-refractivity contribution in [3.8, 4) is 0 Å². The molecule has 0 aromatic heterocycles. The molecule has 0 aromatic rings. The lowest BCUT2D eigenvalue weighted by Crippen LogP contribution is -2.46. The molecule has 0 aliphatic heterocycles. The van der Waals surface area contributed by atoms with E-state index < -0.39 is 18.2 Å². The van der Waals surface area contributed by atoms with E-state index >= 15 is 0 Å². The van der Waals surface area contributed by atoms with Gasteiger partial charge in [-0.25, -0.2) is 0 Å². The second kappa shape index (κ2) is 42.2. The Morgan fingerprint density at radius 3 is 1.56 bits per heavy atom. The number of unbranched alkanes of at least 4 members (excludes halogenated alkanes) is 12. The Hall–Kier alpha value is -2.96. The minimum absolute atomic E-state index is 0.0311. The van der Waals surface area contributed by atoms with Gasteiger partial charge in [-0.15, -0.1) is 0 Å². The molecule has 3 N–H and O–H groups in total. The Balaban J connectivity index is 4.62. The summed E-state index contributed by atoms with van der Waals surface area (Å²) in [4.78, 5) is 25.8. The van der Waals surface area contributed by atoms with Crippen LogP contribution in [0.4, 0.5) is 0 Å². The maximum absolute atomic E-state index is 13.0. The summed E-state index contributed by atoms with van der Waals surface area (Å²) < 4.78 is 5.82. The van der Waals surface area contributed by atoms with Crippen LogP contribution < -0.4 is 5.32 Å². The summed E-state index contributed by atoms with van der Waals surface area (Å²) in [7, 11) is 0. The first-order valence-electron chi connectivity index (χ1n) is 22.3. The van der Waals surface area contributed by atoms with E-state index in [2.05, 4.69) is 105 Å². The number of rotatable bonds is 38. The highest BCUT2D eigenvalue weighted by atomic mass is 16.5. The number of hydrogen-bond acceptors (Lipinski definition) is 5. The Morgan fingerprint density at radius 2 is 1.02 bits per heavy atom. The quantitative estimate of drug-likeness (QED) is 0.0330. The smallest absolute Gasteiger partial charge is 0.306 e. The second-order valence-corrected chi connectivity index (χ2v) is 14.7. The van der Waals surface area contributed by atoms with E-state index in [9.17, 15) is 19.8 Å². The Kier molecular flexibility index (Phi) is 39.9. The summed E-state index contributed by atoms with van der Waals surface area (Å²) in [6.45, 7) is 6.23. The number of hydrogen-bond donors (Lipinski definition) is 3. The van der Waals surface area contributed by atoms with Crippen molar-refractivity contribution < 1.29 is 24.5 Å². The number of aliphatic hydroxyl groups excluding tert-OH is 2. The predicted octanol–water partition coefficient (Wildman–Crippen LogP) is 12.8. The summed E-state index contributed by atoms with van der Waals surface area (Å²) in [6.07, 6.45) is 53.8. The van der Waals surface area contributed by atoms with Gasteiger partial charge in [0, 0.05) is 6.42 Å². The fourth-order valence-electron chi connectivity index (χ4n) is 6.10. The van der Waals surface area contributed by atoms with E-state index in [0.717, 1.165) is 96.3 Å². The van der Waals surface area contributed by atoms with Crippen molar-refractivity contribution >= 4 is 11.9 Å². The van der Waals surface area contributed by atoms with Crippen LogP contribution in [-0.2, 0) is 14.3 Å². The van der Waals surface area contributed by atoms with Crippen LogP contribution in [-0.4, -0.2) is 46.9 Å². The van der Waals surface area contributed by atoms with Crippen LogP contribution >= 0.6 is 0 Å². The number of carbonyl (C=O) groups excluding carboxylic acids is 2. The maximum atomic E-state index is 13.0. The zero-order valence-electron chi connectivity index (χ0n) is 35.5. The van der Waals surface area contributed by atoms with Gasteiger partial charge < -0.3 is 20.3 Å². The van der Waals surface area contributed by atoms with Crippen LogP contribution in [0.3, 0.4) is 0 Å². The van der Waals surface area contributed by atoms with Gasteiger partial charge in [0.25, 0.3) is 0 Å². The van der Waals surface area contributed by atoms with Crippen LogP contribution in [0.2, 0.25) is 0 Å². The Morgan fingerprint density at radius 1 is 0.545 bits per heavy atom. The van der Waals surface area contributed by atoms with E-state index in [0.29, 0.717) is 19.3 Å². The van der Waals surface area contributed by atoms with Gasteiger partial charge in [0.05, 0.1) is 25.2 Å². The van der Waals surface area contributed by atoms with Crippen molar-refractivity contribution in [1.29, 1.82) is 0 Å². The standard InChI is InChI=1S/C49H83NO5/c1-4-7-10-13-16-19-20-21-22-23-24-25-26-27-28-30-33-36-39-42-49(54)55-45(40-37-34-31-18-15-12-9-6-3)43-48(53)50-46(44-51)47(52)41-38-35-32-29-17-14-11-8-5-2/h7,10,12,15-16,19,21-22,24-25,27-28,33,36,45-47,51-52H,4-6,8-9,11,13-14,17-18,20,23,26,29-32,34-35,37-44H2,1-3H3,(H,50,53)/b10-7-,15-12-,19-16-,22-21-,25-24-,28-27-,36-33-. The van der Waals surface area contributed by atoms with Crippen LogP contribution in [0.1, 0.15) is 188 Å². The molecular weight excluding hydrogens is 683 g/mol. The largest absolute Gasteiger partial charge is 0.462 e. The van der Waals surface area contributed by atoms with Crippen molar-refractivity contribution in [1.82, 2.24) is 5.32 Å². The topological polar surface area (TPSA) is 95.9 Å².